The standard InChI is InChI=1S/C16H25N3O3S/c1-13-5-6-15(14(2)11-13)23(21,22)19-9-7-18(8-10-19)16(20)12-17(3)4/h5-6,11H,7-10,12H2,1-4H3. The Labute approximate surface area is 138 Å². The van der Waals surface area contributed by atoms with Gasteiger partial charge in [-0.15, -0.1) is 0 Å². The van der Waals surface area contributed by atoms with Crippen molar-refractivity contribution >= 4 is 15.9 Å². The lowest BCUT2D eigenvalue weighted by atomic mass is 10.2. The maximum absolute atomic E-state index is 12.8. The second kappa shape index (κ2) is 6.98. The molecule has 6 nitrogen and oxygen atoms in total. The number of piperazine rings is 1. The molecule has 0 aromatic heterocycles. The zero-order chi connectivity index (χ0) is 17.2. The Morgan fingerprint density at radius 3 is 2.26 bits per heavy atom. The number of nitrogens with zero attached hydrogens (tertiary/aromatic N) is 3. The normalized spacial score (nSPS) is 16.8. The summed E-state index contributed by atoms with van der Waals surface area (Å²) in [6.07, 6.45) is 0. The molecule has 23 heavy (non-hydrogen) atoms. The van der Waals surface area contributed by atoms with Crippen molar-refractivity contribution in [3.63, 3.8) is 0 Å². The summed E-state index contributed by atoms with van der Waals surface area (Å²) in [7, 11) is 0.195. The van der Waals surface area contributed by atoms with Crippen molar-refractivity contribution in [2.24, 2.45) is 0 Å². The van der Waals surface area contributed by atoms with Crippen LogP contribution in [0.1, 0.15) is 11.1 Å². The highest BCUT2D eigenvalue weighted by Gasteiger charge is 2.30. The summed E-state index contributed by atoms with van der Waals surface area (Å²) in [4.78, 5) is 16.0. The highest BCUT2D eigenvalue weighted by atomic mass is 32.2. The van der Waals surface area contributed by atoms with E-state index in [0.29, 0.717) is 37.6 Å². The van der Waals surface area contributed by atoms with Crippen LogP contribution in [0, 0.1) is 13.8 Å². The smallest absolute Gasteiger partial charge is 0.243 e. The molecule has 2 rings (SSSR count). The van der Waals surface area contributed by atoms with Gasteiger partial charge in [0.15, 0.2) is 0 Å². The first-order valence-electron chi connectivity index (χ1n) is 7.71. The van der Waals surface area contributed by atoms with E-state index in [0.717, 1.165) is 11.1 Å². The molecule has 128 valence electrons. The average Bonchev–Trinajstić information content (AvgIpc) is 2.46. The van der Waals surface area contributed by atoms with E-state index >= 15 is 0 Å². The second-order valence-electron chi connectivity index (χ2n) is 6.29. The maximum Gasteiger partial charge on any atom is 0.243 e. The lowest BCUT2D eigenvalue weighted by molar-refractivity contribution is -0.133. The van der Waals surface area contributed by atoms with E-state index in [4.69, 9.17) is 0 Å². The molecule has 0 spiro atoms. The molecule has 0 N–H and O–H groups in total. The summed E-state index contributed by atoms with van der Waals surface area (Å²) >= 11 is 0. The van der Waals surface area contributed by atoms with Gasteiger partial charge in [-0.05, 0) is 39.6 Å². The van der Waals surface area contributed by atoms with Crippen molar-refractivity contribution in [2.75, 3.05) is 46.8 Å². The third-order valence-electron chi connectivity index (χ3n) is 3.99. The van der Waals surface area contributed by atoms with Crippen LogP contribution in [0.3, 0.4) is 0 Å². The summed E-state index contributed by atoms with van der Waals surface area (Å²) in [5.74, 6) is 0.0403. The fourth-order valence-electron chi connectivity index (χ4n) is 2.78. The van der Waals surface area contributed by atoms with Crippen LogP contribution < -0.4 is 0 Å². The SMILES string of the molecule is Cc1ccc(S(=O)(=O)N2CCN(C(=O)CN(C)C)CC2)c(C)c1. The minimum Gasteiger partial charge on any atom is -0.339 e. The number of sulfonamides is 1. The van der Waals surface area contributed by atoms with E-state index in [-0.39, 0.29) is 5.91 Å². The third-order valence-corrected chi connectivity index (χ3v) is 6.05. The highest BCUT2D eigenvalue weighted by Crippen LogP contribution is 2.22. The molecule has 1 aromatic rings. The largest absolute Gasteiger partial charge is 0.339 e. The lowest BCUT2D eigenvalue weighted by Gasteiger charge is -2.34. The Kier molecular flexibility index (Phi) is 5.44. The molecule has 1 saturated heterocycles. The first-order chi connectivity index (χ1) is 10.7. The molecule has 1 aliphatic heterocycles. The molecule has 0 bridgehead atoms. The van der Waals surface area contributed by atoms with Crippen molar-refractivity contribution in [3.8, 4) is 0 Å². The Morgan fingerprint density at radius 2 is 1.74 bits per heavy atom. The summed E-state index contributed by atoms with van der Waals surface area (Å²) in [6, 6.07) is 5.37. The number of likely N-dealkylation sites (N-methyl/N-ethyl adjacent to an activating group) is 1. The number of amides is 1. The van der Waals surface area contributed by atoms with Gasteiger partial charge in [-0.2, -0.15) is 4.31 Å². The van der Waals surface area contributed by atoms with E-state index < -0.39 is 10.0 Å². The third kappa shape index (κ3) is 4.10. The van der Waals surface area contributed by atoms with Gasteiger partial charge in [0.2, 0.25) is 15.9 Å². The summed E-state index contributed by atoms with van der Waals surface area (Å²) in [5, 5.41) is 0. The molecule has 0 saturated carbocycles. The minimum atomic E-state index is -3.50. The van der Waals surface area contributed by atoms with Crippen LogP contribution >= 0.6 is 0 Å². The Balaban J connectivity index is 2.08. The summed E-state index contributed by atoms with van der Waals surface area (Å²) in [6.45, 7) is 5.68. The van der Waals surface area contributed by atoms with Gasteiger partial charge in [-0.3, -0.25) is 4.79 Å². The predicted octanol–water partition coefficient (Wildman–Crippen LogP) is 0.698. The topological polar surface area (TPSA) is 60.9 Å². The van der Waals surface area contributed by atoms with E-state index in [2.05, 4.69) is 0 Å². The number of carbonyl (C=O) groups excluding carboxylic acids is 1. The summed E-state index contributed by atoms with van der Waals surface area (Å²) < 4.78 is 27.1. The van der Waals surface area contributed by atoms with Gasteiger partial charge in [0.05, 0.1) is 11.4 Å². The molecule has 1 aliphatic rings. The van der Waals surface area contributed by atoms with Gasteiger partial charge in [0, 0.05) is 26.2 Å². The molecule has 1 heterocycles. The van der Waals surface area contributed by atoms with Crippen molar-refractivity contribution in [1.82, 2.24) is 14.1 Å². The molecule has 7 heteroatoms. The minimum absolute atomic E-state index is 0.0403. The summed E-state index contributed by atoms with van der Waals surface area (Å²) in [5.41, 5.74) is 1.80. The fourth-order valence-corrected chi connectivity index (χ4v) is 4.40. The van der Waals surface area contributed by atoms with E-state index in [1.807, 2.05) is 45.0 Å². The number of carbonyl (C=O) groups is 1. The van der Waals surface area contributed by atoms with Crippen LogP contribution in [0.4, 0.5) is 0 Å². The van der Waals surface area contributed by atoms with Gasteiger partial charge in [0.25, 0.3) is 0 Å². The molecule has 0 radical (unpaired) electrons. The zero-order valence-corrected chi connectivity index (χ0v) is 15.1. The number of rotatable bonds is 4. The molecule has 1 amide bonds. The second-order valence-corrected chi connectivity index (χ2v) is 8.20. The predicted molar refractivity (Wildman–Crippen MR) is 89.8 cm³/mol. The number of hydrogen-bond donors (Lipinski definition) is 0. The highest BCUT2D eigenvalue weighted by molar-refractivity contribution is 7.89. The van der Waals surface area contributed by atoms with Gasteiger partial charge in [-0.25, -0.2) is 8.42 Å². The maximum atomic E-state index is 12.8. The van der Waals surface area contributed by atoms with Gasteiger partial charge >= 0.3 is 0 Å². The monoisotopic (exact) mass is 339 g/mol. The first-order valence-corrected chi connectivity index (χ1v) is 9.15. The Hall–Kier alpha value is -1.44. The molecule has 0 atom stereocenters. The Morgan fingerprint density at radius 1 is 1.13 bits per heavy atom. The zero-order valence-electron chi connectivity index (χ0n) is 14.2. The number of benzene rings is 1. The van der Waals surface area contributed by atoms with E-state index in [1.165, 1.54) is 4.31 Å². The van der Waals surface area contributed by atoms with Crippen LogP contribution in [0.5, 0.6) is 0 Å². The molecule has 1 fully saturated rings. The van der Waals surface area contributed by atoms with Crippen molar-refractivity contribution in [3.05, 3.63) is 29.3 Å². The van der Waals surface area contributed by atoms with Crippen molar-refractivity contribution in [1.29, 1.82) is 0 Å². The lowest BCUT2D eigenvalue weighted by Crippen LogP contribution is -2.52. The molecule has 1 aromatic carbocycles. The fraction of sp³-hybridized carbons (Fsp3) is 0.562. The Bertz CT molecular complexity index is 678. The molecule has 0 aliphatic carbocycles. The van der Waals surface area contributed by atoms with Gasteiger partial charge in [-0.1, -0.05) is 17.7 Å². The van der Waals surface area contributed by atoms with Crippen LogP contribution in [0.25, 0.3) is 0 Å². The first kappa shape index (κ1) is 17.9. The van der Waals surface area contributed by atoms with Crippen LogP contribution in [0.2, 0.25) is 0 Å². The van der Waals surface area contributed by atoms with Crippen LogP contribution in [0.15, 0.2) is 23.1 Å². The van der Waals surface area contributed by atoms with Gasteiger partial charge in [0.1, 0.15) is 0 Å². The number of hydrogen-bond acceptors (Lipinski definition) is 4. The van der Waals surface area contributed by atoms with Crippen molar-refractivity contribution < 1.29 is 13.2 Å². The average molecular weight is 339 g/mol. The quantitative estimate of drug-likeness (QED) is 0.810. The molecule has 0 unspecified atom stereocenters. The van der Waals surface area contributed by atoms with Gasteiger partial charge < -0.3 is 9.80 Å². The van der Waals surface area contributed by atoms with E-state index in [1.54, 1.807) is 11.0 Å². The van der Waals surface area contributed by atoms with Crippen LogP contribution in [-0.4, -0.2) is 75.2 Å². The van der Waals surface area contributed by atoms with Crippen LogP contribution in [-0.2, 0) is 14.8 Å². The van der Waals surface area contributed by atoms with Crippen molar-refractivity contribution in [2.45, 2.75) is 18.7 Å². The van der Waals surface area contributed by atoms with E-state index in [9.17, 15) is 13.2 Å². The molecular formula is C16H25N3O3S. The molecular weight excluding hydrogens is 314 g/mol. The number of aryl methyl sites for hydroxylation is 2.